The first-order valence-corrected chi connectivity index (χ1v) is 10.6. The van der Waals surface area contributed by atoms with E-state index in [9.17, 15) is 4.79 Å². The fraction of sp³-hybridized carbons (Fsp3) is 0.900. The summed E-state index contributed by atoms with van der Waals surface area (Å²) >= 11 is 0. The Bertz CT molecular complexity index is 450. The number of rotatable bonds is 9. The van der Waals surface area contributed by atoms with Gasteiger partial charge in [0.25, 0.3) is 0 Å². The van der Waals surface area contributed by atoms with Crippen LogP contribution in [0, 0.1) is 5.92 Å². The topological polar surface area (TPSA) is 69.2 Å². The molecule has 1 amide bonds. The third-order valence-electron chi connectivity index (χ3n) is 5.40. The molecule has 166 valence electrons. The van der Waals surface area contributed by atoms with E-state index in [1.54, 1.807) is 4.90 Å². The van der Waals surface area contributed by atoms with Gasteiger partial charge in [0.05, 0.1) is 13.2 Å². The molecule has 0 aromatic rings. The molecule has 0 aromatic heterocycles. The summed E-state index contributed by atoms with van der Waals surface area (Å²) in [4.78, 5) is 20.8. The molecule has 1 rings (SSSR count). The van der Waals surface area contributed by atoms with E-state index in [2.05, 4.69) is 50.4 Å². The van der Waals surface area contributed by atoms with Crippen molar-refractivity contribution in [1.82, 2.24) is 20.4 Å². The summed E-state index contributed by atoms with van der Waals surface area (Å²) in [5, 5.41) is 6.93. The zero-order valence-electron chi connectivity index (χ0n) is 18.7. The lowest BCUT2D eigenvalue weighted by molar-refractivity contribution is 0.0963. The van der Waals surface area contributed by atoms with Gasteiger partial charge in [0.2, 0.25) is 0 Å². The Morgan fingerprint density at radius 3 is 2.25 bits per heavy atom. The number of likely N-dealkylation sites (N-methyl/N-ethyl adjacent to an activating group) is 1. The Morgan fingerprint density at radius 2 is 1.79 bits per heavy atom. The maximum Gasteiger partial charge on any atom is 0.409 e. The van der Waals surface area contributed by atoms with E-state index in [1.165, 1.54) is 12.8 Å². The number of piperidine rings is 1. The van der Waals surface area contributed by atoms with Crippen molar-refractivity contribution < 1.29 is 9.53 Å². The SMILES string of the molecule is CCNC(=NCC(C(CC)CC)N(C)C)NC1CCN(C(=O)OCC)CC1.I. The van der Waals surface area contributed by atoms with Crippen molar-refractivity contribution in [3.05, 3.63) is 0 Å². The second kappa shape index (κ2) is 15.1. The van der Waals surface area contributed by atoms with Crippen molar-refractivity contribution in [2.24, 2.45) is 10.9 Å². The highest BCUT2D eigenvalue weighted by Crippen LogP contribution is 2.17. The van der Waals surface area contributed by atoms with Gasteiger partial charge in [-0.3, -0.25) is 4.99 Å². The molecule has 28 heavy (non-hydrogen) atoms. The average molecular weight is 511 g/mol. The molecule has 1 heterocycles. The van der Waals surface area contributed by atoms with Crippen LogP contribution >= 0.6 is 24.0 Å². The quantitative estimate of drug-likeness (QED) is 0.283. The molecule has 0 aromatic carbocycles. The van der Waals surface area contributed by atoms with Gasteiger partial charge in [-0.2, -0.15) is 0 Å². The fourth-order valence-electron chi connectivity index (χ4n) is 3.69. The third kappa shape index (κ3) is 9.15. The Labute approximate surface area is 189 Å². The van der Waals surface area contributed by atoms with Gasteiger partial charge in [0.15, 0.2) is 5.96 Å². The summed E-state index contributed by atoms with van der Waals surface area (Å²) in [6.07, 6.45) is 3.96. The lowest BCUT2D eigenvalue weighted by Crippen LogP contribution is -2.50. The number of nitrogens with one attached hydrogen (secondary N) is 2. The zero-order chi connectivity index (χ0) is 20.2. The molecule has 7 nitrogen and oxygen atoms in total. The van der Waals surface area contributed by atoms with E-state index in [4.69, 9.17) is 9.73 Å². The van der Waals surface area contributed by atoms with Crippen molar-refractivity contribution in [2.45, 2.75) is 65.5 Å². The van der Waals surface area contributed by atoms with Crippen molar-refractivity contribution in [3.63, 3.8) is 0 Å². The molecule has 2 N–H and O–H groups in total. The molecule has 1 unspecified atom stereocenters. The molecule has 1 aliphatic heterocycles. The van der Waals surface area contributed by atoms with Crippen LogP contribution in [-0.4, -0.2) is 80.8 Å². The summed E-state index contributed by atoms with van der Waals surface area (Å²) in [6, 6.07) is 0.778. The molecular weight excluding hydrogens is 469 g/mol. The standard InChI is InChI=1S/C20H41N5O2.HI/c1-7-16(8-2)18(24(5)6)15-22-19(21-9-3)23-17-11-13-25(14-12-17)20(26)27-10-4;/h16-18H,7-15H2,1-6H3,(H2,21,22,23);1H. The summed E-state index contributed by atoms with van der Waals surface area (Å²) in [7, 11) is 4.29. The minimum atomic E-state index is -0.199. The number of aliphatic imine (C=N–C) groups is 1. The first-order chi connectivity index (χ1) is 13.0. The van der Waals surface area contributed by atoms with Crippen LogP contribution in [0.4, 0.5) is 4.79 Å². The van der Waals surface area contributed by atoms with Gasteiger partial charge in [-0.15, -0.1) is 24.0 Å². The number of hydrogen-bond donors (Lipinski definition) is 2. The highest BCUT2D eigenvalue weighted by molar-refractivity contribution is 14.0. The van der Waals surface area contributed by atoms with Crippen molar-refractivity contribution in [3.8, 4) is 0 Å². The van der Waals surface area contributed by atoms with Crippen molar-refractivity contribution in [2.75, 3.05) is 46.9 Å². The molecule has 1 fully saturated rings. The van der Waals surface area contributed by atoms with Crippen LogP contribution in [0.2, 0.25) is 0 Å². The molecule has 0 bridgehead atoms. The van der Waals surface area contributed by atoms with E-state index in [0.29, 0.717) is 24.6 Å². The summed E-state index contributed by atoms with van der Waals surface area (Å²) in [5.74, 6) is 1.53. The van der Waals surface area contributed by atoms with Gasteiger partial charge in [-0.1, -0.05) is 26.7 Å². The Kier molecular flexibility index (Phi) is 14.7. The molecule has 1 atom stereocenters. The van der Waals surface area contributed by atoms with Crippen molar-refractivity contribution >= 4 is 36.0 Å². The van der Waals surface area contributed by atoms with Gasteiger partial charge >= 0.3 is 6.09 Å². The number of carbonyl (C=O) groups excluding carboxylic acids is 1. The highest BCUT2D eigenvalue weighted by Gasteiger charge is 2.25. The second-order valence-electron chi connectivity index (χ2n) is 7.43. The third-order valence-corrected chi connectivity index (χ3v) is 5.40. The second-order valence-corrected chi connectivity index (χ2v) is 7.43. The molecule has 8 heteroatoms. The van der Waals surface area contributed by atoms with Crippen LogP contribution in [-0.2, 0) is 4.74 Å². The molecule has 0 aliphatic carbocycles. The first-order valence-electron chi connectivity index (χ1n) is 10.6. The van der Waals surface area contributed by atoms with E-state index in [0.717, 1.165) is 45.0 Å². The predicted molar refractivity (Wildman–Crippen MR) is 128 cm³/mol. The monoisotopic (exact) mass is 511 g/mol. The van der Waals surface area contributed by atoms with Crippen LogP contribution < -0.4 is 10.6 Å². The Balaban J connectivity index is 0.00000729. The smallest absolute Gasteiger partial charge is 0.409 e. The largest absolute Gasteiger partial charge is 0.450 e. The normalized spacial score (nSPS) is 16.7. The van der Waals surface area contributed by atoms with Gasteiger partial charge in [-0.25, -0.2) is 4.79 Å². The van der Waals surface area contributed by atoms with Gasteiger partial charge in [-0.05, 0) is 46.7 Å². The summed E-state index contributed by atoms with van der Waals surface area (Å²) in [5.41, 5.74) is 0. The summed E-state index contributed by atoms with van der Waals surface area (Å²) < 4.78 is 5.09. The molecule has 0 radical (unpaired) electrons. The maximum atomic E-state index is 11.8. The fourth-order valence-corrected chi connectivity index (χ4v) is 3.69. The van der Waals surface area contributed by atoms with Gasteiger partial charge < -0.3 is 25.2 Å². The van der Waals surface area contributed by atoms with E-state index in [-0.39, 0.29) is 30.1 Å². The Hall–Kier alpha value is -0.770. The van der Waals surface area contributed by atoms with Gasteiger partial charge in [0, 0.05) is 31.7 Å². The molecule has 1 saturated heterocycles. The summed E-state index contributed by atoms with van der Waals surface area (Å²) in [6.45, 7) is 12.0. The number of amides is 1. The van der Waals surface area contributed by atoms with Crippen LogP contribution in [0.25, 0.3) is 0 Å². The van der Waals surface area contributed by atoms with Crippen LogP contribution in [0.15, 0.2) is 4.99 Å². The molecule has 0 saturated carbocycles. The average Bonchev–Trinajstić information content (AvgIpc) is 2.65. The lowest BCUT2D eigenvalue weighted by Gasteiger charge is -2.33. The number of halogens is 1. The number of likely N-dealkylation sites (tertiary alicyclic amines) is 1. The molecular formula is C20H42IN5O2. The van der Waals surface area contributed by atoms with E-state index in [1.807, 2.05) is 6.92 Å². The molecule has 0 spiro atoms. The zero-order valence-corrected chi connectivity index (χ0v) is 21.0. The predicted octanol–water partition coefficient (Wildman–Crippen LogP) is 3.15. The van der Waals surface area contributed by atoms with E-state index < -0.39 is 0 Å². The van der Waals surface area contributed by atoms with Crippen molar-refractivity contribution in [1.29, 1.82) is 0 Å². The number of ether oxygens (including phenoxy) is 1. The first kappa shape index (κ1) is 27.2. The number of guanidine groups is 1. The van der Waals surface area contributed by atoms with Gasteiger partial charge in [0.1, 0.15) is 0 Å². The van der Waals surface area contributed by atoms with Crippen LogP contribution in [0.3, 0.4) is 0 Å². The maximum absolute atomic E-state index is 11.8. The minimum absolute atomic E-state index is 0. The Morgan fingerprint density at radius 1 is 1.18 bits per heavy atom. The molecule has 1 aliphatic rings. The van der Waals surface area contributed by atoms with Crippen LogP contribution in [0.5, 0.6) is 0 Å². The minimum Gasteiger partial charge on any atom is -0.450 e. The number of nitrogens with zero attached hydrogens (tertiary/aromatic N) is 3. The number of carbonyl (C=O) groups is 1. The highest BCUT2D eigenvalue weighted by atomic mass is 127. The van der Waals surface area contributed by atoms with Crippen LogP contribution in [0.1, 0.15) is 53.4 Å². The lowest BCUT2D eigenvalue weighted by atomic mass is 9.93. The number of hydrogen-bond acceptors (Lipinski definition) is 4. The van der Waals surface area contributed by atoms with E-state index >= 15 is 0 Å².